The summed E-state index contributed by atoms with van der Waals surface area (Å²) in [4.78, 5) is 9.82. The van der Waals surface area contributed by atoms with Gasteiger partial charge in [-0.1, -0.05) is 30.3 Å². The smallest absolute Gasteiger partial charge is 0.247 e. The van der Waals surface area contributed by atoms with Gasteiger partial charge in [-0.3, -0.25) is 9.58 Å². The molecule has 0 amide bonds. The molecular formula is C24H28N8. The minimum Gasteiger partial charge on any atom is -0.320 e. The molecule has 2 bridgehead atoms. The number of nitrogens with zero attached hydrogens (tertiary/aromatic N) is 7. The fraction of sp³-hybridized carbons (Fsp3) is 0.375. The molecule has 0 spiro atoms. The quantitative estimate of drug-likeness (QED) is 0.527. The summed E-state index contributed by atoms with van der Waals surface area (Å²) in [7, 11) is 4.14. The molecule has 8 heteroatoms. The summed E-state index contributed by atoms with van der Waals surface area (Å²) in [5.74, 6) is 0.563. The molecule has 4 aromatic rings. The molecule has 2 fully saturated rings. The second-order valence-electron chi connectivity index (χ2n) is 9.12. The lowest BCUT2D eigenvalue weighted by atomic mass is 10.1. The number of pyridine rings is 1. The van der Waals surface area contributed by atoms with Crippen molar-refractivity contribution < 1.29 is 0 Å². The molecule has 2 aliphatic heterocycles. The average molecular weight is 429 g/mol. The lowest BCUT2D eigenvalue weighted by Crippen LogP contribution is -2.51. The van der Waals surface area contributed by atoms with Crippen molar-refractivity contribution in [2.75, 3.05) is 25.5 Å². The van der Waals surface area contributed by atoms with Crippen LogP contribution in [0.4, 0.5) is 11.6 Å². The van der Waals surface area contributed by atoms with Gasteiger partial charge in [-0.05, 0) is 37.6 Å². The molecule has 1 aromatic carbocycles. The standard InChI is InChI=1S/C24H28N8/c1-29-15-20-10-11-21(16-29)31(20)13-17-6-8-18(9-7-17)22-4-3-5-23-27-24(28-32(22)23)26-19-12-25-30(2)14-19/h3-9,12,14,20-21H,10-11,13,15-16H2,1-2H3,(H,26,28). The Kier molecular flexibility index (Phi) is 4.69. The van der Waals surface area contributed by atoms with Crippen molar-refractivity contribution in [1.29, 1.82) is 0 Å². The lowest BCUT2D eigenvalue weighted by molar-refractivity contribution is 0.0760. The number of fused-ring (bicyclic) bond motifs is 3. The van der Waals surface area contributed by atoms with E-state index < -0.39 is 0 Å². The zero-order chi connectivity index (χ0) is 21.7. The molecule has 164 valence electrons. The molecule has 2 unspecified atom stereocenters. The fourth-order valence-electron chi connectivity index (χ4n) is 5.24. The number of nitrogens with one attached hydrogen (secondary N) is 1. The molecule has 5 heterocycles. The zero-order valence-corrected chi connectivity index (χ0v) is 18.5. The molecule has 3 aromatic heterocycles. The number of likely N-dealkylation sites (N-methyl/N-ethyl adjacent to an activating group) is 1. The Bertz CT molecular complexity index is 1230. The van der Waals surface area contributed by atoms with Crippen molar-refractivity contribution in [2.45, 2.75) is 31.5 Å². The summed E-state index contributed by atoms with van der Waals surface area (Å²) >= 11 is 0. The van der Waals surface area contributed by atoms with Crippen molar-refractivity contribution in [2.24, 2.45) is 7.05 Å². The third kappa shape index (κ3) is 3.55. The summed E-state index contributed by atoms with van der Waals surface area (Å²) in [5.41, 5.74) is 5.22. The van der Waals surface area contributed by atoms with E-state index in [4.69, 9.17) is 0 Å². The van der Waals surface area contributed by atoms with Crippen LogP contribution in [0.1, 0.15) is 18.4 Å². The number of hydrogen-bond acceptors (Lipinski definition) is 6. The highest BCUT2D eigenvalue weighted by molar-refractivity contribution is 5.64. The van der Waals surface area contributed by atoms with Gasteiger partial charge in [0.15, 0.2) is 5.65 Å². The maximum atomic E-state index is 4.69. The fourth-order valence-corrected chi connectivity index (χ4v) is 5.24. The van der Waals surface area contributed by atoms with Gasteiger partial charge in [0.05, 0.1) is 17.6 Å². The molecule has 2 saturated heterocycles. The highest BCUT2D eigenvalue weighted by Gasteiger charge is 2.38. The Hall–Kier alpha value is -3.23. The number of aryl methyl sites for hydroxylation is 1. The van der Waals surface area contributed by atoms with E-state index >= 15 is 0 Å². The van der Waals surface area contributed by atoms with Gasteiger partial charge in [-0.2, -0.15) is 10.1 Å². The predicted octanol–water partition coefficient (Wildman–Crippen LogP) is 3.15. The Labute approximate surface area is 187 Å². The Morgan fingerprint density at radius 3 is 2.50 bits per heavy atom. The van der Waals surface area contributed by atoms with E-state index in [1.165, 1.54) is 31.5 Å². The third-order valence-electron chi connectivity index (χ3n) is 6.75. The van der Waals surface area contributed by atoms with Crippen molar-refractivity contribution in [1.82, 2.24) is 34.2 Å². The third-order valence-corrected chi connectivity index (χ3v) is 6.75. The molecule has 32 heavy (non-hydrogen) atoms. The highest BCUT2D eigenvalue weighted by atomic mass is 15.4. The SMILES string of the molecule is CN1CC2CCC(C1)N2Cc1ccc(-c2cccc3nc(Nc4cnn(C)c4)nn23)cc1. The molecule has 8 nitrogen and oxygen atoms in total. The molecule has 1 N–H and O–H groups in total. The highest BCUT2D eigenvalue weighted by Crippen LogP contribution is 2.31. The van der Waals surface area contributed by atoms with Crippen LogP contribution in [0.15, 0.2) is 54.9 Å². The number of anilines is 2. The summed E-state index contributed by atoms with van der Waals surface area (Å²) < 4.78 is 3.65. The topological polar surface area (TPSA) is 66.5 Å². The van der Waals surface area contributed by atoms with E-state index in [9.17, 15) is 0 Å². The first-order valence-corrected chi connectivity index (χ1v) is 11.3. The van der Waals surface area contributed by atoms with Gasteiger partial charge >= 0.3 is 0 Å². The molecule has 0 radical (unpaired) electrons. The maximum absolute atomic E-state index is 4.69. The van der Waals surface area contributed by atoms with Crippen LogP contribution in [0.5, 0.6) is 0 Å². The number of piperazine rings is 1. The second kappa shape index (κ2) is 7.72. The van der Waals surface area contributed by atoms with Crippen LogP contribution < -0.4 is 5.32 Å². The average Bonchev–Trinajstić information content (AvgIpc) is 3.45. The summed E-state index contributed by atoms with van der Waals surface area (Å²) in [6, 6.07) is 16.4. The first-order valence-electron chi connectivity index (χ1n) is 11.3. The summed E-state index contributed by atoms with van der Waals surface area (Å²) in [6.07, 6.45) is 6.32. The van der Waals surface area contributed by atoms with E-state index in [1.54, 1.807) is 10.9 Å². The van der Waals surface area contributed by atoms with Gasteiger partial charge < -0.3 is 10.2 Å². The van der Waals surface area contributed by atoms with E-state index in [0.29, 0.717) is 18.0 Å². The number of rotatable bonds is 5. The van der Waals surface area contributed by atoms with Gasteiger partial charge in [-0.25, -0.2) is 4.52 Å². The van der Waals surface area contributed by atoms with Gasteiger partial charge in [-0.15, -0.1) is 5.10 Å². The molecule has 6 rings (SSSR count). The predicted molar refractivity (Wildman–Crippen MR) is 125 cm³/mol. The lowest BCUT2D eigenvalue weighted by Gasteiger charge is -2.39. The maximum Gasteiger partial charge on any atom is 0.247 e. The van der Waals surface area contributed by atoms with Crippen LogP contribution in [-0.4, -0.2) is 66.4 Å². The second-order valence-corrected chi connectivity index (χ2v) is 9.12. The number of benzene rings is 1. The van der Waals surface area contributed by atoms with Crippen LogP contribution in [0, 0.1) is 0 Å². The Morgan fingerprint density at radius 2 is 1.78 bits per heavy atom. The largest absolute Gasteiger partial charge is 0.320 e. The van der Waals surface area contributed by atoms with Crippen LogP contribution in [0.3, 0.4) is 0 Å². The van der Waals surface area contributed by atoms with Crippen LogP contribution in [-0.2, 0) is 13.6 Å². The first kappa shape index (κ1) is 19.5. The van der Waals surface area contributed by atoms with Crippen LogP contribution in [0.2, 0.25) is 0 Å². The molecular weight excluding hydrogens is 400 g/mol. The monoisotopic (exact) mass is 428 g/mol. The van der Waals surface area contributed by atoms with Crippen LogP contribution in [0.25, 0.3) is 16.9 Å². The van der Waals surface area contributed by atoms with Crippen molar-refractivity contribution >= 4 is 17.3 Å². The summed E-state index contributed by atoms with van der Waals surface area (Å²) in [5, 5.41) is 12.1. The molecule has 0 aliphatic carbocycles. The zero-order valence-electron chi connectivity index (χ0n) is 18.5. The van der Waals surface area contributed by atoms with E-state index in [2.05, 4.69) is 67.7 Å². The number of hydrogen-bond donors (Lipinski definition) is 1. The number of aromatic nitrogens is 5. The molecule has 0 saturated carbocycles. The van der Waals surface area contributed by atoms with Crippen molar-refractivity contribution in [3.8, 4) is 11.3 Å². The van der Waals surface area contributed by atoms with Gasteiger partial charge in [0, 0.05) is 50.5 Å². The number of likely N-dealkylation sites (tertiary alicyclic amines) is 1. The van der Waals surface area contributed by atoms with E-state index in [-0.39, 0.29) is 0 Å². The normalized spacial score (nSPS) is 21.4. The first-order chi connectivity index (χ1) is 15.6. The minimum absolute atomic E-state index is 0.563. The summed E-state index contributed by atoms with van der Waals surface area (Å²) in [6.45, 7) is 3.42. The van der Waals surface area contributed by atoms with E-state index in [0.717, 1.165) is 29.1 Å². The van der Waals surface area contributed by atoms with Crippen LogP contribution >= 0.6 is 0 Å². The van der Waals surface area contributed by atoms with E-state index in [1.807, 2.05) is 29.9 Å². The minimum atomic E-state index is 0.563. The van der Waals surface area contributed by atoms with Gasteiger partial charge in [0.25, 0.3) is 0 Å². The van der Waals surface area contributed by atoms with Gasteiger partial charge in [0.2, 0.25) is 5.95 Å². The molecule has 2 aliphatic rings. The van der Waals surface area contributed by atoms with Crippen molar-refractivity contribution in [3.05, 3.63) is 60.4 Å². The Balaban J connectivity index is 1.23. The Morgan fingerprint density at radius 1 is 1.00 bits per heavy atom. The van der Waals surface area contributed by atoms with Crippen molar-refractivity contribution in [3.63, 3.8) is 0 Å². The van der Waals surface area contributed by atoms with Gasteiger partial charge in [0.1, 0.15) is 0 Å². The molecule has 2 atom stereocenters.